The van der Waals surface area contributed by atoms with E-state index < -0.39 is 54.3 Å². The van der Waals surface area contributed by atoms with E-state index in [1.54, 1.807) is 6.92 Å². The predicted octanol–water partition coefficient (Wildman–Crippen LogP) is 4.01. The first-order valence-electron chi connectivity index (χ1n) is 11.2. The Morgan fingerprint density at radius 2 is 1.86 bits per heavy atom. The molecule has 1 heterocycles. The zero-order valence-electron chi connectivity index (χ0n) is 19.3. The van der Waals surface area contributed by atoms with Crippen molar-refractivity contribution < 1.29 is 50.1 Å². The van der Waals surface area contributed by atoms with Gasteiger partial charge in [-0.1, -0.05) is 6.58 Å². The summed E-state index contributed by atoms with van der Waals surface area (Å²) in [4.78, 5) is 24.5. The van der Waals surface area contributed by atoms with Crippen LogP contribution in [0.15, 0.2) is 30.5 Å². The second kappa shape index (κ2) is 11.1. The van der Waals surface area contributed by atoms with Gasteiger partial charge in [0.1, 0.15) is 12.4 Å². The second-order valence-electron chi connectivity index (χ2n) is 8.82. The van der Waals surface area contributed by atoms with Crippen molar-refractivity contribution in [2.45, 2.75) is 75.9 Å². The van der Waals surface area contributed by atoms with Gasteiger partial charge in [0, 0.05) is 31.0 Å². The van der Waals surface area contributed by atoms with E-state index in [1.165, 1.54) is 6.07 Å². The van der Waals surface area contributed by atoms with Gasteiger partial charge in [0.25, 0.3) is 5.91 Å². The number of benzene rings is 1. The number of ether oxygens (including phenoxy) is 3. The van der Waals surface area contributed by atoms with Crippen molar-refractivity contribution in [3.8, 4) is 5.75 Å². The van der Waals surface area contributed by atoms with Gasteiger partial charge in [0.2, 0.25) is 5.91 Å². The van der Waals surface area contributed by atoms with Crippen molar-refractivity contribution >= 4 is 11.8 Å². The number of aryl methyl sites for hydroxylation is 1. The molecular formula is C23H26F6N2O5. The second-order valence-corrected chi connectivity index (χ2v) is 8.82. The first-order chi connectivity index (χ1) is 16.7. The highest BCUT2D eigenvalue weighted by Crippen LogP contribution is 2.35. The Hall–Kier alpha value is -2.80. The highest BCUT2D eigenvalue weighted by molar-refractivity contribution is 5.82. The van der Waals surface area contributed by atoms with Crippen LogP contribution >= 0.6 is 0 Å². The van der Waals surface area contributed by atoms with Crippen molar-refractivity contribution in [2.75, 3.05) is 6.61 Å². The zero-order valence-corrected chi connectivity index (χ0v) is 19.3. The molecule has 2 N–H and O–H groups in total. The molecule has 1 aromatic rings. The third kappa shape index (κ3) is 8.12. The van der Waals surface area contributed by atoms with E-state index >= 15 is 0 Å². The summed E-state index contributed by atoms with van der Waals surface area (Å²) >= 11 is 0. The largest absolute Gasteiger partial charge is 0.522 e. The Balaban J connectivity index is 1.35. The van der Waals surface area contributed by atoms with Gasteiger partial charge in [0.15, 0.2) is 6.10 Å². The fraction of sp³-hybridized carbons (Fsp3) is 0.565. The lowest BCUT2D eigenvalue weighted by Crippen LogP contribution is -2.45. The van der Waals surface area contributed by atoms with Crippen LogP contribution < -0.4 is 15.4 Å². The summed E-state index contributed by atoms with van der Waals surface area (Å²) in [6.07, 6.45) is -10.8. The van der Waals surface area contributed by atoms with E-state index in [1.807, 2.05) is 0 Å². The summed E-state index contributed by atoms with van der Waals surface area (Å²) in [5.41, 5.74) is -0.108. The molecule has 2 atom stereocenters. The normalized spacial score (nSPS) is 22.5. The van der Waals surface area contributed by atoms with Gasteiger partial charge in [-0.2, -0.15) is 13.2 Å². The van der Waals surface area contributed by atoms with Crippen molar-refractivity contribution in [1.82, 2.24) is 10.6 Å². The van der Waals surface area contributed by atoms with Crippen molar-refractivity contribution in [2.24, 2.45) is 0 Å². The van der Waals surface area contributed by atoms with Crippen LogP contribution in [0.3, 0.4) is 0 Å². The third-order valence-electron chi connectivity index (χ3n) is 5.68. The molecule has 1 fully saturated rings. The van der Waals surface area contributed by atoms with E-state index in [0.717, 1.165) is 12.1 Å². The summed E-state index contributed by atoms with van der Waals surface area (Å²) < 4.78 is 89.6. The number of carbonyl (C=O) groups excluding carboxylic acids is 2. The van der Waals surface area contributed by atoms with E-state index in [2.05, 4.69) is 21.9 Å². The minimum absolute atomic E-state index is 0.0357. The number of amides is 2. The molecule has 1 unspecified atom stereocenters. The summed E-state index contributed by atoms with van der Waals surface area (Å²) in [6, 6.07) is 2.67. The average molecular weight is 524 g/mol. The summed E-state index contributed by atoms with van der Waals surface area (Å²) in [7, 11) is 0. The highest BCUT2D eigenvalue weighted by Gasteiger charge is 2.40. The Morgan fingerprint density at radius 1 is 1.17 bits per heavy atom. The Kier molecular flexibility index (Phi) is 8.55. The number of fused-ring (bicyclic) bond motifs is 1. The van der Waals surface area contributed by atoms with E-state index in [9.17, 15) is 35.9 Å². The maximum absolute atomic E-state index is 12.9. The molecule has 13 heteroatoms. The lowest BCUT2D eigenvalue weighted by Gasteiger charge is -2.34. The van der Waals surface area contributed by atoms with Crippen LogP contribution in [0.1, 0.15) is 43.7 Å². The smallest absolute Gasteiger partial charge is 0.480 e. The number of hydrogen-bond donors (Lipinski definition) is 2. The Morgan fingerprint density at radius 3 is 2.50 bits per heavy atom. The van der Waals surface area contributed by atoms with Crippen LogP contribution in [0.4, 0.5) is 26.3 Å². The number of halogens is 6. The lowest BCUT2D eigenvalue weighted by molar-refractivity contribution is -0.357. The molecule has 0 saturated heterocycles. The molecular weight excluding hydrogens is 498 g/mol. The molecule has 1 saturated carbocycles. The topological polar surface area (TPSA) is 85.9 Å². The fourth-order valence-electron chi connectivity index (χ4n) is 3.92. The SMILES string of the molecule is C=C(CC(C)NC(=O)[C@H]1CCc2cc(C(F)(F)F)ccc2O1)NC(=O)CO[C@H]1C[C@@H](OC(F)(F)F)C1. The molecule has 1 aliphatic heterocycles. The van der Waals surface area contributed by atoms with Gasteiger partial charge < -0.3 is 20.1 Å². The molecule has 2 aliphatic rings. The summed E-state index contributed by atoms with van der Waals surface area (Å²) in [5.74, 6) is -0.762. The number of hydrogen-bond acceptors (Lipinski definition) is 5. The standard InChI is InChI=1S/C23H26F6N2O5/c1-12(30-20(32)11-34-16-9-17(10-16)36-23(27,28)29)7-13(2)31-21(33)19-5-3-14-8-15(22(24,25)26)4-6-18(14)35-19/h4,6,8,13,16-17,19H,1,3,5,7,9-11H2,2H3,(H,30,32)(H,31,33)/t13?,16-,17+,19-/m1/s1. The van der Waals surface area contributed by atoms with Crippen LogP contribution in [-0.2, 0) is 31.7 Å². The van der Waals surface area contributed by atoms with E-state index in [-0.39, 0.29) is 50.2 Å². The molecule has 0 spiro atoms. The van der Waals surface area contributed by atoms with Crippen LogP contribution in [0.25, 0.3) is 0 Å². The minimum Gasteiger partial charge on any atom is -0.480 e. The zero-order chi connectivity index (χ0) is 26.7. The molecule has 3 rings (SSSR count). The van der Waals surface area contributed by atoms with Crippen LogP contribution in [0.5, 0.6) is 5.75 Å². The van der Waals surface area contributed by atoms with E-state index in [4.69, 9.17) is 9.47 Å². The minimum atomic E-state index is -4.70. The molecule has 7 nitrogen and oxygen atoms in total. The van der Waals surface area contributed by atoms with Crippen LogP contribution in [0, 0.1) is 0 Å². The first-order valence-corrected chi connectivity index (χ1v) is 11.2. The maximum Gasteiger partial charge on any atom is 0.522 e. The molecule has 36 heavy (non-hydrogen) atoms. The molecule has 1 aliphatic carbocycles. The quantitative estimate of drug-likeness (QED) is 0.477. The van der Waals surface area contributed by atoms with Gasteiger partial charge in [-0.25, -0.2) is 0 Å². The lowest BCUT2D eigenvalue weighted by atomic mass is 9.92. The Labute approximate surface area is 203 Å². The van der Waals surface area contributed by atoms with Crippen molar-refractivity contribution in [3.05, 3.63) is 41.6 Å². The highest BCUT2D eigenvalue weighted by atomic mass is 19.4. The maximum atomic E-state index is 12.9. The number of carbonyl (C=O) groups is 2. The van der Waals surface area contributed by atoms with Gasteiger partial charge in [0.05, 0.1) is 17.8 Å². The molecule has 0 radical (unpaired) electrons. The van der Waals surface area contributed by atoms with Gasteiger partial charge >= 0.3 is 12.5 Å². The fourth-order valence-corrected chi connectivity index (χ4v) is 3.92. The number of alkyl halides is 6. The van der Waals surface area contributed by atoms with E-state index in [0.29, 0.717) is 5.56 Å². The number of rotatable bonds is 9. The first kappa shape index (κ1) is 27.8. The molecule has 1 aromatic carbocycles. The molecule has 0 bridgehead atoms. The summed E-state index contributed by atoms with van der Waals surface area (Å²) in [6.45, 7) is 5.03. The predicted molar refractivity (Wildman–Crippen MR) is 114 cm³/mol. The van der Waals surface area contributed by atoms with Crippen molar-refractivity contribution in [1.29, 1.82) is 0 Å². The molecule has 0 aromatic heterocycles. The molecule has 200 valence electrons. The third-order valence-corrected chi connectivity index (χ3v) is 5.68. The van der Waals surface area contributed by atoms with Crippen LogP contribution in [0.2, 0.25) is 0 Å². The monoisotopic (exact) mass is 524 g/mol. The summed E-state index contributed by atoms with van der Waals surface area (Å²) in [5, 5.41) is 5.22. The average Bonchev–Trinajstić information content (AvgIpc) is 2.72. The van der Waals surface area contributed by atoms with Crippen molar-refractivity contribution in [3.63, 3.8) is 0 Å². The van der Waals surface area contributed by atoms with Crippen LogP contribution in [-0.4, -0.2) is 49.1 Å². The Bertz CT molecular complexity index is 975. The number of nitrogens with one attached hydrogen (secondary N) is 2. The van der Waals surface area contributed by atoms with Gasteiger partial charge in [-0.3, -0.25) is 14.3 Å². The van der Waals surface area contributed by atoms with Gasteiger partial charge in [-0.05, 0) is 43.5 Å². The molecule has 2 amide bonds. The van der Waals surface area contributed by atoms with Gasteiger partial charge in [-0.15, -0.1) is 13.2 Å².